The number of hydrogen-bond donors (Lipinski definition) is 0. The molecule has 0 saturated carbocycles. The maximum atomic E-state index is 12.7. The van der Waals surface area contributed by atoms with Crippen LogP contribution in [0.4, 0.5) is 0 Å². The van der Waals surface area contributed by atoms with Crippen molar-refractivity contribution in [2.24, 2.45) is 0 Å². The second kappa shape index (κ2) is 4.52. The second-order valence-corrected chi connectivity index (χ2v) is 5.16. The number of nitrogens with zero attached hydrogens (tertiary/aromatic N) is 5. The van der Waals surface area contributed by atoms with E-state index in [9.17, 15) is 4.79 Å². The smallest absolute Gasteiger partial charge is 0.262 e. The number of pyridine rings is 1. The first-order valence-electron chi connectivity index (χ1n) is 6.89. The van der Waals surface area contributed by atoms with Gasteiger partial charge >= 0.3 is 0 Å². The van der Waals surface area contributed by atoms with E-state index in [1.165, 1.54) is 0 Å². The standard InChI is InChI=1S/C15H13N5O2/c1-9-13-12(20-15(16-9)17-10(2)18-20)5-6-19(14(13)21)8-11-4-3-7-22-11/h3-7H,8H2,1-2H3. The zero-order valence-electron chi connectivity index (χ0n) is 12.1. The summed E-state index contributed by atoms with van der Waals surface area (Å²) in [6, 6.07) is 5.50. The molecule has 0 N–H and O–H groups in total. The Morgan fingerprint density at radius 3 is 2.86 bits per heavy atom. The molecule has 0 saturated heterocycles. The fourth-order valence-corrected chi connectivity index (χ4v) is 2.62. The van der Waals surface area contributed by atoms with Crippen molar-refractivity contribution in [3.63, 3.8) is 0 Å². The maximum absolute atomic E-state index is 12.7. The predicted octanol–water partition coefficient (Wildman–Crippen LogP) is 1.70. The Balaban J connectivity index is 2.00. The molecule has 0 spiro atoms. The van der Waals surface area contributed by atoms with Crippen molar-refractivity contribution >= 4 is 16.7 Å². The van der Waals surface area contributed by atoms with Gasteiger partial charge in [0, 0.05) is 6.20 Å². The van der Waals surface area contributed by atoms with Gasteiger partial charge in [0.15, 0.2) is 0 Å². The zero-order chi connectivity index (χ0) is 15.3. The molecule has 0 aromatic carbocycles. The van der Waals surface area contributed by atoms with Gasteiger partial charge in [0.2, 0.25) is 0 Å². The summed E-state index contributed by atoms with van der Waals surface area (Å²) in [4.78, 5) is 21.4. The van der Waals surface area contributed by atoms with Crippen LogP contribution in [0.25, 0.3) is 16.7 Å². The molecule has 0 amide bonds. The quantitative estimate of drug-likeness (QED) is 0.562. The predicted molar refractivity (Wildman–Crippen MR) is 79.8 cm³/mol. The van der Waals surface area contributed by atoms with Gasteiger partial charge in [-0.3, -0.25) is 4.79 Å². The van der Waals surface area contributed by atoms with Gasteiger partial charge < -0.3 is 8.98 Å². The van der Waals surface area contributed by atoms with Crippen LogP contribution in [0.15, 0.2) is 39.9 Å². The van der Waals surface area contributed by atoms with E-state index < -0.39 is 0 Å². The van der Waals surface area contributed by atoms with Crippen LogP contribution in [0.3, 0.4) is 0 Å². The Labute approximate surface area is 124 Å². The highest BCUT2D eigenvalue weighted by molar-refractivity contribution is 5.81. The Kier molecular flexibility index (Phi) is 2.62. The number of aromatic nitrogens is 5. The van der Waals surface area contributed by atoms with Gasteiger partial charge in [0.25, 0.3) is 11.3 Å². The summed E-state index contributed by atoms with van der Waals surface area (Å²) in [5.74, 6) is 1.86. The van der Waals surface area contributed by atoms with Crippen LogP contribution in [0.2, 0.25) is 0 Å². The first-order chi connectivity index (χ1) is 10.6. The maximum Gasteiger partial charge on any atom is 0.262 e. The fraction of sp³-hybridized carbons (Fsp3) is 0.200. The van der Waals surface area contributed by atoms with Gasteiger partial charge in [-0.1, -0.05) is 0 Å². The molecule has 0 unspecified atom stereocenters. The lowest BCUT2D eigenvalue weighted by molar-refractivity contribution is 0.490. The van der Waals surface area contributed by atoms with Gasteiger partial charge in [-0.25, -0.2) is 4.98 Å². The van der Waals surface area contributed by atoms with Gasteiger partial charge in [-0.15, -0.1) is 5.10 Å². The lowest BCUT2D eigenvalue weighted by atomic mass is 10.2. The highest BCUT2D eigenvalue weighted by Crippen LogP contribution is 2.15. The molecule has 0 atom stereocenters. The molecule has 0 bridgehead atoms. The molecule has 0 radical (unpaired) electrons. The Morgan fingerprint density at radius 1 is 1.23 bits per heavy atom. The number of hydrogen-bond acceptors (Lipinski definition) is 5. The summed E-state index contributed by atoms with van der Waals surface area (Å²) >= 11 is 0. The fourth-order valence-electron chi connectivity index (χ4n) is 2.62. The van der Waals surface area contributed by atoms with Crippen LogP contribution in [0.1, 0.15) is 17.3 Å². The molecule has 4 rings (SSSR count). The molecule has 110 valence electrons. The minimum Gasteiger partial charge on any atom is -0.467 e. The van der Waals surface area contributed by atoms with E-state index in [1.807, 2.05) is 19.1 Å². The molecule has 0 aliphatic heterocycles. The highest BCUT2D eigenvalue weighted by atomic mass is 16.3. The zero-order valence-corrected chi connectivity index (χ0v) is 12.1. The lowest BCUT2D eigenvalue weighted by Crippen LogP contribution is -2.22. The number of aryl methyl sites for hydroxylation is 2. The third-order valence-corrected chi connectivity index (χ3v) is 3.60. The van der Waals surface area contributed by atoms with Crippen molar-refractivity contribution in [2.75, 3.05) is 0 Å². The Hall–Kier alpha value is -2.96. The molecule has 22 heavy (non-hydrogen) atoms. The van der Waals surface area contributed by atoms with E-state index in [-0.39, 0.29) is 5.56 Å². The topological polar surface area (TPSA) is 78.2 Å². The van der Waals surface area contributed by atoms with Crippen molar-refractivity contribution in [3.05, 3.63) is 58.3 Å². The van der Waals surface area contributed by atoms with Crippen LogP contribution in [-0.2, 0) is 6.54 Å². The number of rotatable bonds is 2. The minimum atomic E-state index is -0.117. The van der Waals surface area contributed by atoms with Crippen LogP contribution in [0, 0.1) is 13.8 Å². The normalized spacial score (nSPS) is 11.5. The number of furan rings is 1. The van der Waals surface area contributed by atoms with Gasteiger partial charge in [-0.05, 0) is 32.0 Å². The molecule has 0 aliphatic rings. The minimum absolute atomic E-state index is 0.117. The average Bonchev–Trinajstić information content (AvgIpc) is 3.10. The molecular formula is C15H13N5O2. The second-order valence-electron chi connectivity index (χ2n) is 5.16. The van der Waals surface area contributed by atoms with Crippen LogP contribution in [0.5, 0.6) is 0 Å². The summed E-state index contributed by atoms with van der Waals surface area (Å²) in [5.41, 5.74) is 1.24. The molecule has 0 aliphatic carbocycles. The van der Waals surface area contributed by atoms with Crippen molar-refractivity contribution in [1.29, 1.82) is 0 Å². The molecule has 0 fully saturated rings. The van der Waals surface area contributed by atoms with Gasteiger partial charge in [-0.2, -0.15) is 9.50 Å². The summed E-state index contributed by atoms with van der Waals surface area (Å²) in [5, 5.41) is 4.85. The third kappa shape index (κ3) is 1.82. The first-order valence-corrected chi connectivity index (χ1v) is 6.89. The van der Waals surface area contributed by atoms with E-state index in [2.05, 4.69) is 15.1 Å². The summed E-state index contributed by atoms with van der Waals surface area (Å²) in [7, 11) is 0. The monoisotopic (exact) mass is 295 g/mol. The third-order valence-electron chi connectivity index (χ3n) is 3.60. The van der Waals surface area contributed by atoms with Gasteiger partial charge in [0.1, 0.15) is 11.6 Å². The Morgan fingerprint density at radius 2 is 2.09 bits per heavy atom. The summed E-state index contributed by atoms with van der Waals surface area (Å²) < 4.78 is 8.52. The Bertz CT molecular complexity index is 1040. The van der Waals surface area contributed by atoms with Crippen molar-refractivity contribution < 1.29 is 4.42 Å². The number of fused-ring (bicyclic) bond motifs is 3. The largest absolute Gasteiger partial charge is 0.467 e. The first kappa shape index (κ1) is 12.8. The SMILES string of the molecule is Cc1nc2nc(C)c3c(=O)n(Cc4ccco4)ccc3n2n1. The molecule has 7 nitrogen and oxygen atoms in total. The van der Waals surface area contributed by atoms with Gasteiger partial charge in [0.05, 0.1) is 29.4 Å². The molecule has 4 aromatic heterocycles. The lowest BCUT2D eigenvalue weighted by Gasteiger charge is -2.07. The van der Waals surface area contributed by atoms with Crippen molar-refractivity contribution in [3.8, 4) is 0 Å². The van der Waals surface area contributed by atoms with Crippen LogP contribution in [-0.4, -0.2) is 24.1 Å². The van der Waals surface area contributed by atoms with Crippen molar-refractivity contribution in [2.45, 2.75) is 20.4 Å². The van der Waals surface area contributed by atoms with E-state index in [0.717, 1.165) is 5.76 Å². The molecule has 4 heterocycles. The van der Waals surface area contributed by atoms with E-state index >= 15 is 0 Å². The molecule has 7 heteroatoms. The van der Waals surface area contributed by atoms with Crippen LogP contribution < -0.4 is 5.56 Å². The van der Waals surface area contributed by atoms with E-state index in [4.69, 9.17) is 4.42 Å². The summed E-state index contributed by atoms with van der Waals surface area (Å²) in [6.07, 6.45) is 3.33. The van der Waals surface area contributed by atoms with Crippen LogP contribution >= 0.6 is 0 Å². The van der Waals surface area contributed by atoms with Crippen molar-refractivity contribution in [1.82, 2.24) is 24.1 Å². The van der Waals surface area contributed by atoms with E-state index in [0.29, 0.717) is 34.7 Å². The molecule has 4 aromatic rings. The highest BCUT2D eigenvalue weighted by Gasteiger charge is 2.13. The van der Waals surface area contributed by atoms with E-state index in [1.54, 1.807) is 34.5 Å². The molecular weight excluding hydrogens is 282 g/mol. The average molecular weight is 295 g/mol. The summed E-state index contributed by atoms with van der Waals surface area (Å²) in [6.45, 7) is 3.99.